The number of rotatable bonds is 17. The number of aliphatic hydroxyl groups is 2. The van der Waals surface area contributed by atoms with Gasteiger partial charge in [-0.2, -0.15) is 12.4 Å². The number of Topliss-reactive ketones (excluding diaryl/α,β-unsaturated/α-hetero) is 1. The van der Waals surface area contributed by atoms with Gasteiger partial charge in [-0.15, -0.1) is 0 Å². The van der Waals surface area contributed by atoms with Crippen molar-refractivity contribution in [3.05, 3.63) is 147 Å². The van der Waals surface area contributed by atoms with Crippen molar-refractivity contribution in [2.45, 2.75) is 82.3 Å². The molecule has 0 amide bonds. The molecule has 5 aromatic carbocycles. The number of ketones is 1. The second kappa shape index (κ2) is 21.9. The molecule has 0 saturated carbocycles. The number of phenols is 3. The number of hydrogen-bond donors (Lipinski definition) is 7. The number of carbonyl (C=O) groups is 1. The number of carbonyl (C=O) groups excluding carboxylic acids is 1. The van der Waals surface area contributed by atoms with E-state index >= 15 is 4.79 Å². The van der Waals surface area contributed by atoms with Crippen LogP contribution in [0.1, 0.15) is 76.3 Å². The minimum Gasteiger partial charge on any atom is -0.670 e. The minimum atomic E-state index is -1.10. The third-order valence-corrected chi connectivity index (χ3v) is 14.9. The number of nitrogens with zero attached hydrogens (tertiary/aromatic N) is 1. The van der Waals surface area contributed by atoms with E-state index in [1.54, 1.807) is 50.7 Å². The standard InChI is InChI=1S/C52H60N3O8S2/c1-5-34-10-11-35-8-6-7-9-41(35)42(34)24-44-36(12-14-46(57)50(44)62-4)21-39(18-32-16-17-54-27-32)48(59)25-49(60)43(38-19-33(26-53-3)20-40(56)22-38)23-37-13-15-47(58)51-45(37)28-64-65-30-52(2,61)29-55-31-63-51/h6-17,19-20,22,27,39,43,48,53,55-59,61H,5,18,21,23-26,28-31H2,1-4H3/q-1/t39-,43+,48+,52+/m0/s1. The molecule has 0 spiro atoms. The molecule has 11 nitrogen and oxygen atoms in total. The Hall–Kier alpha value is -5.15. The molecule has 7 N–H and O–H groups in total. The lowest BCUT2D eigenvalue weighted by atomic mass is 9.80. The van der Waals surface area contributed by atoms with E-state index in [9.17, 15) is 25.5 Å². The summed E-state index contributed by atoms with van der Waals surface area (Å²) in [6.45, 7) is 4.72. The van der Waals surface area contributed by atoms with Gasteiger partial charge in [0, 0.05) is 54.5 Å². The zero-order chi connectivity index (χ0) is 46.1. The van der Waals surface area contributed by atoms with E-state index in [1.165, 1.54) is 27.2 Å². The summed E-state index contributed by atoms with van der Waals surface area (Å²) in [5.41, 5.74) is 6.92. The average molecular weight is 919 g/mol. The number of aromatic nitrogens is 1. The van der Waals surface area contributed by atoms with Crippen LogP contribution in [-0.2, 0) is 49.2 Å². The summed E-state index contributed by atoms with van der Waals surface area (Å²) in [6, 6.07) is 26.6. The maximum atomic E-state index is 15.1. The van der Waals surface area contributed by atoms with Gasteiger partial charge in [-0.3, -0.25) is 10.1 Å². The maximum absolute atomic E-state index is 15.1. The van der Waals surface area contributed by atoms with Crippen molar-refractivity contribution in [2.24, 2.45) is 5.92 Å². The predicted octanol–water partition coefficient (Wildman–Crippen LogP) is 8.11. The Morgan fingerprint density at radius 3 is 2.48 bits per heavy atom. The Morgan fingerprint density at radius 2 is 1.71 bits per heavy atom. The number of ether oxygens (including phenoxy) is 2. The maximum Gasteiger partial charge on any atom is 0.167 e. The summed E-state index contributed by atoms with van der Waals surface area (Å²) in [5.74, 6) is 0.151. The Bertz CT molecular complexity index is 2560. The van der Waals surface area contributed by atoms with Crippen LogP contribution in [0.15, 0.2) is 97.3 Å². The number of nitrogens with one attached hydrogen (secondary N) is 2. The highest BCUT2D eigenvalue weighted by molar-refractivity contribution is 8.76. The van der Waals surface area contributed by atoms with E-state index in [2.05, 4.69) is 46.8 Å². The average Bonchev–Trinajstić information content (AvgIpc) is 3.79. The molecule has 0 radical (unpaired) electrons. The SMILES string of the molecule is CCc1ccc2ccccc2c1Cc1c(C[C@H](Cc2cc[n-]c2)[C@H](O)CC(=O)[C@H](Cc2ccc(O)c3c2CSSC[C@](C)(O)CNCO3)c2cc(O)cc(CNC)c2)ccc(O)c1OC. The number of aryl methyl sites for hydroxylation is 1. The predicted molar refractivity (Wildman–Crippen MR) is 260 cm³/mol. The third-order valence-electron chi connectivity index (χ3n) is 12.4. The number of benzene rings is 5. The highest BCUT2D eigenvalue weighted by Crippen LogP contribution is 2.42. The molecule has 13 heteroatoms. The van der Waals surface area contributed by atoms with E-state index in [1.807, 2.05) is 43.4 Å². The van der Waals surface area contributed by atoms with Crippen LogP contribution < -0.4 is 25.1 Å². The Labute approximate surface area is 389 Å². The van der Waals surface area contributed by atoms with Crippen LogP contribution in [0.25, 0.3) is 10.8 Å². The molecule has 344 valence electrons. The zero-order valence-electron chi connectivity index (χ0n) is 37.5. The second-order valence-electron chi connectivity index (χ2n) is 17.3. The number of aliphatic hydroxyl groups excluding tert-OH is 1. The molecule has 1 aliphatic rings. The molecule has 2 heterocycles. The second-order valence-corrected chi connectivity index (χ2v) is 19.8. The van der Waals surface area contributed by atoms with Gasteiger partial charge < -0.3 is 45.3 Å². The van der Waals surface area contributed by atoms with Gasteiger partial charge in [-0.25, -0.2) is 0 Å². The molecule has 0 saturated heterocycles. The Balaban J connectivity index is 1.25. The Kier molecular flexibility index (Phi) is 16.1. The summed E-state index contributed by atoms with van der Waals surface area (Å²) < 4.78 is 12.0. The van der Waals surface area contributed by atoms with Crippen molar-refractivity contribution in [1.29, 1.82) is 0 Å². The highest BCUT2D eigenvalue weighted by Gasteiger charge is 2.32. The van der Waals surface area contributed by atoms with Crippen molar-refractivity contribution in [1.82, 2.24) is 15.6 Å². The normalized spacial score (nSPS) is 17.1. The molecule has 1 aliphatic heterocycles. The lowest BCUT2D eigenvalue weighted by Gasteiger charge is -2.27. The van der Waals surface area contributed by atoms with Gasteiger partial charge in [0.25, 0.3) is 0 Å². The first kappa shape index (κ1) is 47.8. The van der Waals surface area contributed by atoms with Crippen LogP contribution in [0.3, 0.4) is 0 Å². The van der Waals surface area contributed by atoms with Gasteiger partial charge >= 0.3 is 0 Å². The van der Waals surface area contributed by atoms with Gasteiger partial charge in [0.2, 0.25) is 0 Å². The number of β-amino-alcohol motifs (C(OH)–C–C–N with tert-alkyl or cyclic N) is 1. The van der Waals surface area contributed by atoms with Gasteiger partial charge in [0.1, 0.15) is 18.3 Å². The van der Waals surface area contributed by atoms with Crippen molar-refractivity contribution in [3.8, 4) is 28.7 Å². The van der Waals surface area contributed by atoms with Gasteiger partial charge in [0.05, 0.1) is 18.8 Å². The number of aromatic hydroxyl groups is 3. The molecule has 0 fully saturated rings. The first-order valence-electron chi connectivity index (χ1n) is 22.1. The zero-order valence-corrected chi connectivity index (χ0v) is 39.1. The van der Waals surface area contributed by atoms with Crippen molar-refractivity contribution >= 4 is 38.1 Å². The van der Waals surface area contributed by atoms with Crippen LogP contribution in [0, 0.1) is 5.92 Å². The smallest absolute Gasteiger partial charge is 0.167 e. The van der Waals surface area contributed by atoms with Crippen molar-refractivity contribution in [3.63, 3.8) is 0 Å². The third kappa shape index (κ3) is 11.8. The largest absolute Gasteiger partial charge is 0.670 e. The van der Waals surface area contributed by atoms with Crippen molar-refractivity contribution in [2.75, 3.05) is 33.2 Å². The Morgan fingerprint density at radius 1 is 0.923 bits per heavy atom. The van der Waals surface area contributed by atoms with Crippen LogP contribution in [0.4, 0.5) is 0 Å². The summed E-state index contributed by atoms with van der Waals surface area (Å²) in [4.78, 5) is 19.4. The van der Waals surface area contributed by atoms with Crippen LogP contribution in [0.2, 0.25) is 0 Å². The van der Waals surface area contributed by atoms with E-state index in [0.29, 0.717) is 60.9 Å². The lowest BCUT2D eigenvalue weighted by Crippen LogP contribution is -2.41. The molecule has 0 aliphatic carbocycles. The minimum absolute atomic E-state index is 0.0253. The number of hydrogen-bond acceptors (Lipinski definition) is 12. The van der Waals surface area contributed by atoms with E-state index < -0.39 is 23.5 Å². The molecule has 0 bridgehead atoms. The quantitative estimate of drug-likeness (QED) is 0.0438. The first-order valence-corrected chi connectivity index (χ1v) is 24.6. The molecule has 0 unspecified atom stereocenters. The fourth-order valence-corrected chi connectivity index (χ4v) is 11.6. The number of methoxy groups -OCH3 is 1. The lowest BCUT2D eigenvalue weighted by molar-refractivity contribution is -0.123. The van der Waals surface area contributed by atoms with Crippen LogP contribution in [-0.4, -0.2) is 76.2 Å². The van der Waals surface area contributed by atoms with E-state index in [-0.39, 0.29) is 42.6 Å². The summed E-state index contributed by atoms with van der Waals surface area (Å²) >= 11 is 0. The van der Waals surface area contributed by atoms with Crippen LogP contribution >= 0.6 is 21.6 Å². The van der Waals surface area contributed by atoms with Gasteiger partial charge in [0.15, 0.2) is 23.0 Å². The topological polar surface area (TPSA) is 175 Å². The van der Waals surface area contributed by atoms with E-state index in [4.69, 9.17) is 9.47 Å². The molecular weight excluding hydrogens is 859 g/mol. The molecule has 65 heavy (non-hydrogen) atoms. The van der Waals surface area contributed by atoms with Crippen molar-refractivity contribution < 1.29 is 39.8 Å². The molecule has 1 aromatic heterocycles. The van der Waals surface area contributed by atoms with E-state index in [0.717, 1.165) is 56.1 Å². The number of fused-ring (bicyclic) bond motifs is 2. The summed E-state index contributed by atoms with van der Waals surface area (Å²) in [6.07, 6.45) is 4.54. The number of phenolic OH excluding ortho intramolecular Hbond substituents is 3. The molecule has 7 rings (SSSR count). The van der Waals surface area contributed by atoms with Gasteiger partial charge in [-0.1, -0.05) is 94.7 Å². The summed E-state index contributed by atoms with van der Waals surface area (Å²) in [7, 11) is 6.42. The molecule has 6 aromatic rings. The van der Waals surface area contributed by atoms with Gasteiger partial charge in [-0.05, 0) is 114 Å². The molecular formula is C52H60N3O8S2-. The fourth-order valence-electron chi connectivity index (χ4n) is 9.03. The van der Waals surface area contributed by atoms with Crippen LogP contribution in [0.5, 0.6) is 28.7 Å². The molecule has 4 atom stereocenters. The fraction of sp³-hybridized carbons (Fsp3) is 0.365. The highest BCUT2D eigenvalue weighted by atomic mass is 33.1. The monoisotopic (exact) mass is 918 g/mol. The summed E-state index contributed by atoms with van der Waals surface area (Å²) in [5, 5.41) is 65.0. The first-order chi connectivity index (χ1) is 31.4.